The molecule has 2 aromatic rings. The standard InChI is InChI=1S/C13H9.C5H5.2C4H9.2ClH.H2Si.Zr/c1-3-7-12-10(5-1)9-11-6-2-4-8-13(11)12;1-2-4-5-3-1;2*1-4(2)3;;;;/h1-5,7-8H,9H2;1-3H,4H2;2*1-3H3;2*1H;1H2;/q4*-1;;;;. The predicted molar refractivity (Wildman–Crippen MR) is 139 cm³/mol. The van der Waals surface area contributed by atoms with Crippen molar-refractivity contribution in [2.24, 2.45) is 0 Å². The Kier molecular flexibility index (Phi) is 24.9. The largest absolute Gasteiger partial charge is 0.179 e. The molecule has 0 aromatic heterocycles. The summed E-state index contributed by atoms with van der Waals surface area (Å²) in [6.45, 7) is 14.5. The van der Waals surface area contributed by atoms with Crippen molar-refractivity contribution in [3.05, 3.63) is 95.8 Å². The van der Waals surface area contributed by atoms with Crippen LogP contribution in [0.4, 0.5) is 0 Å². The molecule has 0 saturated heterocycles. The molecule has 2 aromatic carbocycles. The molecule has 0 aliphatic heterocycles. The van der Waals surface area contributed by atoms with E-state index in [0.717, 1.165) is 12.8 Å². The van der Waals surface area contributed by atoms with Gasteiger partial charge in [-0.1, -0.05) is 35.4 Å². The van der Waals surface area contributed by atoms with E-state index in [0.29, 0.717) is 0 Å². The number of allylic oxidation sites excluding steroid dienone is 4. The summed E-state index contributed by atoms with van der Waals surface area (Å²) >= 11 is 1.58. The molecule has 0 spiro atoms. The molecule has 0 saturated carbocycles. The number of rotatable bonds is 0. The first-order valence-electron chi connectivity index (χ1n) is 9.60. The van der Waals surface area contributed by atoms with Crippen LogP contribution in [0.15, 0.2) is 60.7 Å². The third kappa shape index (κ3) is 16.3. The van der Waals surface area contributed by atoms with Crippen LogP contribution in [0, 0.1) is 24.0 Å². The molecule has 0 heterocycles. The van der Waals surface area contributed by atoms with Crippen molar-refractivity contribution in [2.45, 2.75) is 54.4 Å². The molecule has 0 bridgehead atoms. The van der Waals surface area contributed by atoms with Crippen molar-refractivity contribution < 1.29 is 23.3 Å². The minimum absolute atomic E-state index is 0. The molecule has 4 rings (SSSR count). The Morgan fingerprint density at radius 2 is 1.37 bits per heavy atom. The van der Waals surface area contributed by atoms with Crippen LogP contribution in [0.25, 0.3) is 11.1 Å². The molecule has 0 atom stereocenters. The van der Waals surface area contributed by atoms with E-state index in [1.807, 2.05) is 25.1 Å². The zero-order valence-electron chi connectivity index (χ0n) is 19.2. The van der Waals surface area contributed by atoms with Crippen LogP contribution in [0.3, 0.4) is 0 Å². The number of benzene rings is 2. The minimum Gasteiger partial charge on any atom is -0.179 e. The van der Waals surface area contributed by atoms with Crippen molar-refractivity contribution in [3.8, 4) is 11.1 Å². The molecule has 0 fully saturated rings. The van der Waals surface area contributed by atoms with E-state index >= 15 is 0 Å². The van der Waals surface area contributed by atoms with E-state index in [9.17, 15) is 0 Å². The first kappa shape index (κ1) is 34.2. The maximum absolute atomic E-state index is 3.30. The quantitative estimate of drug-likeness (QED) is 0.205. The minimum atomic E-state index is 0. The van der Waals surface area contributed by atoms with E-state index in [4.69, 9.17) is 0 Å². The average Bonchev–Trinajstić information content (AvgIpc) is 3.34. The van der Waals surface area contributed by atoms with Crippen molar-refractivity contribution in [2.75, 3.05) is 0 Å². The molecule has 2 aliphatic carbocycles. The first-order valence-corrected chi connectivity index (χ1v) is 15.5. The second-order valence-electron chi connectivity index (χ2n) is 7.40. The molecule has 0 amide bonds. The van der Waals surface area contributed by atoms with Crippen molar-refractivity contribution in [3.63, 3.8) is 0 Å². The second kappa shape index (κ2) is 21.8. The van der Waals surface area contributed by atoms with Crippen molar-refractivity contribution >= 4 is 31.7 Å². The predicted octanol–water partition coefficient (Wildman–Crippen LogP) is 7.53. The first-order chi connectivity index (χ1) is 13.4. The van der Waals surface area contributed by atoms with E-state index in [1.54, 1.807) is 23.3 Å². The van der Waals surface area contributed by atoms with Crippen LogP contribution in [-0.2, 0) is 29.8 Å². The van der Waals surface area contributed by atoms with Gasteiger partial charge in [0.25, 0.3) is 0 Å². The fourth-order valence-electron chi connectivity index (χ4n) is 2.34. The van der Waals surface area contributed by atoms with Crippen LogP contribution >= 0.6 is 24.8 Å². The maximum Gasteiger partial charge on any atom is -0.0253 e. The summed E-state index contributed by atoms with van der Waals surface area (Å²) in [5.74, 6) is 2.83. The number of hydrogen-bond acceptors (Lipinski definition) is 0. The number of hydrogen-bond donors (Lipinski definition) is 0. The molecule has 30 heavy (non-hydrogen) atoms. The average molecular weight is 539 g/mol. The molecule has 0 N–H and O–H groups in total. The number of halogens is 2. The van der Waals surface area contributed by atoms with Crippen molar-refractivity contribution in [1.82, 2.24) is 0 Å². The van der Waals surface area contributed by atoms with Crippen LogP contribution in [0.1, 0.15) is 59.1 Å². The molecular weight excluding hydrogens is 503 g/mol. The Bertz CT molecular complexity index is 659. The van der Waals surface area contributed by atoms with Gasteiger partial charge < -0.3 is 11.8 Å². The zero-order chi connectivity index (χ0) is 21.4. The van der Waals surface area contributed by atoms with Gasteiger partial charge >= 0.3 is 30.2 Å². The van der Waals surface area contributed by atoms with E-state index in [2.05, 4.69) is 96.2 Å². The summed E-state index contributed by atoms with van der Waals surface area (Å²) < 4.78 is 0. The zero-order valence-corrected chi connectivity index (χ0v) is 24.7. The smallest absolute Gasteiger partial charge is 0.0253 e. The second-order valence-corrected chi connectivity index (χ2v) is 7.40. The molecule has 166 valence electrons. The maximum atomic E-state index is 3.30. The Morgan fingerprint density at radius 3 is 1.83 bits per heavy atom. The molecule has 0 nitrogen and oxygen atoms in total. The van der Waals surface area contributed by atoms with E-state index in [-0.39, 0.29) is 24.8 Å². The summed E-state index contributed by atoms with van der Waals surface area (Å²) in [5.41, 5.74) is 5.51. The Morgan fingerprint density at radius 1 is 0.833 bits per heavy atom. The molecule has 4 heteroatoms. The molecule has 2 aliphatic rings. The van der Waals surface area contributed by atoms with Gasteiger partial charge in [-0.25, -0.2) is 12.2 Å². The SMILES string of the molecule is C[C-](C)C.C[C-](C)C.Cl.Cl.[C-]1=CC=CC1.[SiH2]=[Zr].[c-]1cccc2c1Cc1ccccc1-2. The molecule has 0 unspecified atom stereocenters. The Balaban J connectivity index is -0.000000364. The Hall–Kier alpha value is -0.400. The molecular formula is C26H36Cl2SiZr-4. The van der Waals surface area contributed by atoms with Gasteiger partial charge in [-0.15, -0.1) is 36.8 Å². The third-order valence-corrected chi connectivity index (χ3v) is 3.20. The normalized spacial score (nSPS) is 10.8. The summed E-state index contributed by atoms with van der Waals surface area (Å²) in [6.07, 6.45) is 11.0. The third-order valence-electron chi connectivity index (χ3n) is 3.20. The monoisotopic (exact) mass is 536 g/mol. The molecule has 0 radical (unpaired) electrons. The van der Waals surface area contributed by atoms with Crippen LogP contribution in [0.5, 0.6) is 0 Å². The van der Waals surface area contributed by atoms with Gasteiger partial charge in [0.15, 0.2) is 0 Å². The van der Waals surface area contributed by atoms with Gasteiger partial charge in [0.1, 0.15) is 0 Å². The fraction of sp³-hybridized carbons (Fsp3) is 0.308. The van der Waals surface area contributed by atoms with Crippen molar-refractivity contribution in [1.29, 1.82) is 0 Å². The van der Waals surface area contributed by atoms with Gasteiger partial charge in [-0.3, -0.25) is 6.08 Å². The van der Waals surface area contributed by atoms with Crippen LogP contribution in [-0.4, -0.2) is 6.88 Å². The summed E-state index contributed by atoms with van der Waals surface area (Å²) in [5, 5.41) is 0. The van der Waals surface area contributed by atoms with Gasteiger partial charge in [0, 0.05) is 0 Å². The van der Waals surface area contributed by atoms with Crippen LogP contribution < -0.4 is 0 Å². The van der Waals surface area contributed by atoms with Gasteiger partial charge in [-0.2, -0.15) is 77.4 Å². The van der Waals surface area contributed by atoms with Crippen LogP contribution in [0.2, 0.25) is 0 Å². The fourth-order valence-corrected chi connectivity index (χ4v) is 2.34. The number of fused-ring (bicyclic) bond motifs is 3. The topological polar surface area (TPSA) is 0 Å². The van der Waals surface area contributed by atoms with E-state index < -0.39 is 0 Å². The van der Waals surface area contributed by atoms with Gasteiger partial charge in [-0.05, 0) is 6.42 Å². The van der Waals surface area contributed by atoms with E-state index in [1.165, 1.54) is 34.1 Å². The summed E-state index contributed by atoms with van der Waals surface area (Å²) in [4.78, 5) is 0. The summed E-state index contributed by atoms with van der Waals surface area (Å²) in [7, 11) is 0. The Labute approximate surface area is 215 Å². The summed E-state index contributed by atoms with van der Waals surface area (Å²) in [6, 6.07) is 18.1. The van der Waals surface area contributed by atoms with Gasteiger partial charge in [0.2, 0.25) is 0 Å². The van der Waals surface area contributed by atoms with Gasteiger partial charge in [0.05, 0.1) is 0 Å².